The number of rotatable bonds is 4. The Balaban J connectivity index is 1.91. The fraction of sp³-hybridized carbons (Fsp3) is 0.583. The van der Waals surface area contributed by atoms with E-state index in [2.05, 4.69) is 17.1 Å². The molecule has 17 heavy (non-hydrogen) atoms. The maximum absolute atomic E-state index is 10.7. The minimum atomic E-state index is -0.755. The number of carbonyl (C=O) groups is 1. The predicted molar refractivity (Wildman–Crippen MR) is 62.6 cm³/mol. The summed E-state index contributed by atoms with van der Waals surface area (Å²) in [6.45, 7) is 4.48. The quantitative estimate of drug-likeness (QED) is 0.816. The number of furan rings is 1. The summed E-state index contributed by atoms with van der Waals surface area (Å²) in [6.07, 6.45) is 1.83. The Hall–Kier alpha value is -1.33. The second-order valence-corrected chi connectivity index (χ2v) is 4.64. The van der Waals surface area contributed by atoms with Gasteiger partial charge in [-0.05, 0) is 19.1 Å². The topological polar surface area (TPSA) is 65.7 Å². The summed E-state index contributed by atoms with van der Waals surface area (Å²) in [5.41, 5.74) is 0. The molecule has 0 aliphatic carbocycles. The second kappa shape index (κ2) is 5.33. The standard InChI is InChI=1S/C12H18N2O3/c1-9-6-14(8-11-3-2-4-17-11)7-10(13-9)5-12(15)16/h2-4,9-10,13H,5-8H2,1H3,(H,15,16). The number of hydrogen-bond acceptors (Lipinski definition) is 4. The lowest BCUT2D eigenvalue weighted by atomic mass is 10.1. The maximum Gasteiger partial charge on any atom is 0.304 e. The first-order valence-corrected chi connectivity index (χ1v) is 5.86. The van der Waals surface area contributed by atoms with Gasteiger partial charge < -0.3 is 14.8 Å². The monoisotopic (exact) mass is 238 g/mol. The molecule has 2 heterocycles. The summed E-state index contributed by atoms with van der Waals surface area (Å²) >= 11 is 0. The third-order valence-corrected chi connectivity index (χ3v) is 2.91. The normalized spacial score (nSPS) is 25.9. The molecule has 1 fully saturated rings. The van der Waals surface area contributed by atoms with Crippen LogP contribution in [0.3, 0.4) is 0 Å². The van der Waals surface area contributed by atoms with Crippen molar-refractivity contribution in [2.75, 3.05) is 13.1 Å². The van der Waals surface area contributed by atoms with Gasteiger partial charge in [-0.15, -0.1) is 0 Å². The first-order valence-electron chi connectivity index (χ1n) is 5.86. The molecule has 0 saturated carbocycles. The third-order valence-electron chi connectivity index (χ3n) is 2.91. The highest BCUT2D eigenvalue weighted by atomic mass is 16.4. The van der Waals surface area contributed by atoms with E-state index in [1.807, 2.05) is 12.1 Å². The Labute approximate surface area is 100 Å². The molecule has 2 unspecified atom stereocenters. The molecule has 0 amide bonds. The molecule has 1 aromatic heterocycles. The molecule has 2 atom stereocenters. The van der Waals surface area contributed by atoms with Crippen molar-refractivity contribution in [3.63, 3.8) is 0 Å². The van der Waals surface area contributed by atoms with Crippen molar-refractivity contribution in [1.29, 1.82) is 0 Å². The van der Waals surface area contributed by atoms with Crippen molar-refractivity contribution in [2.24, 2.45) is 0 Å². The van der Waals surface area contributed by atoms with Gasteiger partial charge in [-0.2, -0.15) is 0 Å². The number of aliphatic carboxylic acids is 1. The molecule has 1 aliphatic rings. The molecule has 0 spiro atoms. The Morgan fingerprint density at radius 1 is 1.65 bits per heavy atom. The third kappa shape index (κ3) is 3.57. The van der Waals surface area contributed by atoms with Gasteiger partial charge in [-0.1, -0.05) is 0 Å². The summed E-state index contributed by atoms with van der Waals surface area (Å²) in [5.74, 6) is 0.169. The smallest absolute Gasteiger partial charge is 0.304 e. The number of hydrogen-bond donors (Lipinski definition) is 2. The molecule has 1 aromatic rings. The largest absolute Gasteiger partial charge is 0.481 e. The van der Waals surface area contributed by atoms with Gasteiger partial charge in [-0.3, -0.25) is 9.69 Å². The number of piperazine rings is 1. The van der Waals surface area contributed by atoms with E-state index in [9.17, 15) is 4.79 Å². The van der Waals surface area contributed by atoms with Gasteiger partial charge in [0.15, 0.2) is 0 Å². The van der Waals surface area contributed by atoms with Gasteiger partial charge in [0.05, 0.1) is 19.2 Å². The molecule has 2 N–H and O–H groups in total. The zero-order valence-corrected chi connectivity index (χ0v) is 9.93. The lowest BCUT2D eigenvalue weighted by molar-refractivity contribution is -0.137. The van der Waals surface area contributed by atoms with Crippen molar-refractivity contribution in [2.45, 2.75) is 32.0 Å². The van der Waals surface area contributed by atoms with Gasteiger partial charge in [0, 0.05) is 25.2 Å². The average Bonchev–Trinajstić information content (AvgIpc) is 2.67. The van der Waals surface area contributed by atoms with Gasteiger partial charge in [-0.25, -0.2) is 0 Å². The fourth-order valence-electron chi connectivity index (χ4n) is 2.37. The van der Waals surface area contributed by atoms with Crippen LogP contribution in [0, 0.1) is 0 Å². The van der Waals surface area contributed by atoms with E-state index in [1.54, 1.807) is 6.26 Å². The zero-order chi connectivity index (χ0) is 12.3. The molecule has 0 bridgehead atoms. The molecule has 5 nitrogen and oxygen atoms in total. The van der Waals surface area contributed by atoms with Gasteiger partial charge in [0.1, 0.15) is 5.76 Å². The molecular weight excluding hydrogens is 220 g/mol. The van der Waals surface area contributed by atoms with Crippen LogP contribution >= 0.6 is 0 Å². The molecule has 5 heteroatoms. The minimum Gasteiger partial charge on any atom is -0.481 e. The molecular formula is C12H18N2O3. The molecule has 2 rings (SSSR count). The molecule has 0 radical (unpaired) electrons. The van der Waals surface area contributed by atoms with E-state index in [0.717, 1.165) is 25.4 Å². The van der Waals surface area contributed by atoms with Crippen molar-refractivity contribution in [1.82, 2.24) is 10.2 Å². The summed E-state index contributed by atoms with van der Waals surface area (Å²) < 4.78 is 5.31. The van der Waals surface area contributed by atoms with Gasteiger partial charge in [0.2, 0.25) is 0 Å². The highest BCUT2D eigenvalue weighted by molar-refractivity contribution is 5.67. The first kappa shape index (κ1) is 12.1. The number of carboxylic acids is 1. The van der Waals surface area contributed by atoms with Crippen molar-refractivity contribution in [3.05, 3.63) is 24.2 Å². The van der Waals surface area contributed by atoms with Gasteiger partial charge >= 0.3 is 5.97 Å². The van der Waals surface area contributed by atoms with Crippen LogP contribution in [0.1, 0.15) is 19.1 Å². The fourth-order valence-corrected chi connectivity index (χ4v) is 2.37. The summed E-state index contributed by atoms with van der Waals surface area (Å²) in [5, 5.41) is 12.1. The van der Waals surface area contributed by atoms with E-state index in [1.165, 1.54) is 0 Å². The SMILES string of the molecule is CC1CN(Cc2ccco2)CC(CC(=O)O)N1. The zero-order valence-electron chi connectivity index (χ0n) is 9.93. The van der Waals surface area contributed by atoms with E-state index in [4.69, 9.17) is 9.52 Å². The van der Waals surface area contributed by atoms with Crippen molar-refractivity contribution >= 4 is 5.97 Å². The highest BCUT2D eigenvalue weighted by Gasteiger charge is 2.25. The van der Waals surface area contributed by atoms with Crippen LogP contribution in [-0.4, -0.2) is 41.1 Å². The van der Waals surface area contributed by atoms with Crippen LogP contribution < -0.4 is 5.32 Å². The van der Waals surface area contributed by atoms with Crippen LogP contribution in [0.2, 0.25) is 0 Å². The number of nitrogens with zero attached hydrogens (tertiary/aromatic N) is 1. The van der Waals surface area contributed by atoms with Gasteiger partial charge in [0.25, 0.3) is 0 Å². The summed E-state index contributed by atoms with van der Waals surface area (Å²) in [7, 11) is 0. The van der Waals surface area contributed by atoms with E-state index in [0.29, 0.717) is 6.04 Å². The summed E-state index contributed by atoms with van der Waals surface area (Å²) in [6, 6.07) is 4.14. The maximum atomic E-state index is 10.7. The van der Waals surface area contributed by atoms with Crippen LogP contribution in [0.15, 0.2) is 22.8 Å². The minimum absolute atomic E-state index is 0.0196. The lowest BCUT2D eigenvalue weighted by Crippen LogP contribution is -2.55. The van der Waals surface area contributed by atoms with Crippen molar-refractivity contribution < 1.29 is 14.3 Å². The predicted octanol–water partition coefficient (Wildman–Crippen LogP) is 0.917. The average molecular weight is 238 g/mol. The molecule has 0 aromatic carbocycles. The molecule has 1 aliphatic heterocycles. The van der Waals surface area contributed by atoms with Crippen LogP contribution in [0.5, 0.6) is 0 Å². The van der Waals surface area contributed by atoms with E-state index in [-0.39, 0.29) is 12.5 Å². The Morgan fingerprint density at radius 3 is 3.12 bits per heavy atom. The van der Waals surface area contributed by atoms with Crippen LogP contribution in [-0.2, 0) is 11.3 Å². The second-order valence-electron chi connectivity index (χ2n) is 4.64. The number of nitrogens with one attached hydrogen (secondary N) is 1. The van der Waals surface area contributed by atoms with Crippen LogP contribution in [0.25, 0.3) is 0 Å². The Kier molecular flexibility index (Phi) is 3.81. The van der Waals surface area contributed by atoms with E-state index >= 15 is 0 Å². The molecule has 94 valence electrons. The highest BCUT2D eigenvalue weighted by Crippen LogP contribution is 2.12. The van der Waals surface area contributed by atoms with Crippen molar-refractivity contribution in [3.8, 4) is 0 Å². The Morgan fingerprint density at radius 2 is 2.47 bits per heavy atom. The number of carboxylic acid groups (broad SMARTS) is 1. The van der Waals surface area contributed by atoms with Crippen LogP contribution in [0.4, 0.5) is 0 Å². The summed E-state index contributed by atoms with van der Waals surface area (Å²) in [4.78, 5) is 13.0. The lowest BCUT2D eigenvalue weighted by Gasteiger charge is -2.36. The van der Waals surface area contributed by atoms with E-state index < -0.39 is 5.97 Å². The first-order chi connectivity index (χ1) is 8.13. The Bertz CT molecular complexity index is 364. The molecule has 1 saturated heterocycles.